The van der Waals surface area contributed by atoms with Crippen molar-refractivity contribution in [1.82, 2.24) is 20.2 Å². The quantitative estimate of drug-likeness (QED) is 0.815. The van der Waals surface area contributed by atoms with Crippen LogP contribution in [0, 0.1) is 0 Å². The standard InChI is InChI=1S/C11H20N4O2/c1-10(2,3)9-12-13-14-15(9)8-11(16)4-6-17-7-5-11/h16H,4-8H2,1-3H3. The first-order chi connectivity index (χ1) is 7.91. The Labute approximate surface area is 101 Å². The van der Waals surface area contributed by atoms with E-state index < -0.39 is 5.60 Å². The molecule has 0 saturated carbocycles. The third kappa shape index (κ3) is 2.81. The van der Waals surface area contributed by atoms with E-state index in [1.165, 1.54) is 0 Å². The predicted octanol–water partition coefficient (Wildman–Crippen LogP) is 0.512. The molecular formula is C11H20N4O2. The normalized spacial score (nSPS) is 20.5. The maximum Gasteiger partial charge on any atom is 0.156 e. The molecule has 0 aromatic carbocycles. The van der Waals surface area contributed by atoms with Crippen LogP contribution in [0.25, 0.3) is 0 Å². The van der Waals surface area contributed by atoms with Gasteiger partial charge in [0.15, 0.2) is 5.82 Å². The molecule has 1 aromatic rings. The summed E-state index contributed by atoms with van der Waals surface area (Å²) in [4.78, 5) is 0. The van der Waals surface area contributed by atoms with Crippen molar-refractivity contribution in [2.45, 2.75) is 51.2 Å². The van der Waals surface area contributed by atoms with Crippen molar-refractivity contribution >= 4 is 0 Å². The molecule has 2 rings (SSSR count). The van der Waals surface area contributed by atoms with Gasteiger partial charge in [-0.2, -0.15) is 0 Å². The van der Waals surface area contributed by atoms with Gasteiger partial charge in [0, 0.05) is 31.5 Å². The van der Waals surface area contributed by atoms with Crippen molar-refractivity contribution in [2.75, 3.05) is 13.2 Å². The zero-order valence-electron chi connectivity index (χ0n) is 10.7. The molecule has 0 atom stereocenters. The molecule has 1 aliphatic rings. The number of aliphatic hydroxyl groups is 1. The van der Waals surface area contributed by atoms with Crippen LogP contribution < -0.4 is 0 Å². The highest BCUT2D eigenvalue weighted by atomic mass is 16.5. The van der Waals surface area contributed by atoms with E-state index in [0.717, 1.165) is 5.82 Å². The fraction of sp³-hybridized carbons (Fsp3) is 0.909. The van der Waals surface area contributed by atoms with Gasteiger partial charge in [0.2, 0.25) is 0 Å². The molecule has 1 fully saturated rings. The summed E-state index contributed by atoms with van der Waals surface area (Å²) in [6.45, 7) is 7.82. The van der Waals surface area contributed by atoms with Gasteiger partial charge in [-0.05, 0) is 10.4 Å². The lowest BCUT2D eigenvalue weighted by molar-refractivity contribution is -0.0754. The monoisotopic (exact) mass is 240 g/mol. The Balaban J connectivity index is 2.16. The number of ether oxygens (including phenoxy) is 1. The van der Waals surface area contributed by atoms with Crippen LogP contribution in [-0.2, 0) is 16.7 Å². The second-order valence-electron chi connectivity index (χ2n) is 5.75. The van der Waals surface area contributed by atoms with Crippen LogP contribution in [0.4, 0.5) is 0 Å². The van der Waals surface area contributed by atoms with E-state index in [2.05, 4.69) is 36.3 Å². The van der Waals surface area contributed by atoms with Crippen molar-refractivity contribution < 1.29 is 9.84 Å². The van der Waals surface area contributed by atoms with Crippen molar-refractivity contribution in [1.29, 1.82) is 0 Å². The van der Waals surface area contributed by atoms with Crippen LogP contribution >= 0.6 is 0 Å². The lowest BCUT2D eigenvalue weighted by Crippen LogP contribution is -2.41. The van der Waals surface area contributed by atoms with Gasteiger partial charge in [0.1, 0.15) is 0 Å². The van der Waals surface area contributed by atoms with Crippen LogP contribution in [0.5, 0.6) is 0 Å². The lowest BCUT2D eigenvalue weighted by Gasteiger charge is -2.32. The highest BCUT2D eigenvalue weighted by Gasteiger charge is 2.33. The summed E-state index contributed by atoms with van der Waals surface area (Å²) in [7, 11) is 0. The van der Waals surface area contributed by atoms with E-state index >= 15 is 0 Å². The highest BCUT2D eigenvalue weighted by Crippen LogP contribution is 2.25. The first kappa shape index (κ1) is 12.4. The summed E-state index contributed by atoms with van der Waals surface area (Å²) >= 11 is 0. The molecule has 0 amide bonds. The molecule has 0 spiro atoms. The fourth-order valence-corrected chi connectivity index (χ4v) is 2.04. The summed E-state index contributed by atoms with van der Waals surface area (Å²) in [6, 6.07) is 0. The number of aromatic nitrogens is 4. The zero-order chi connectivity index (χ0) is 12.5. The molecule has 6 heteroatoms. The molecule has 17 heavy (non-hydrogen) atoms. The summed E-state index contributed by atoms with van der Waals surface area (Å²) in [6.07, 6.45) is 1.27. The van der Waals surface area contributed by atoms with Crippen LogP contribution in [0.2, 0.25) is 0 Å². The molecule has 96 valence electrons. The molecule has 1 aromatic heterocycles. The Hall–Kier alpha value is -1.01. The Morgan fingerprint density at radius 2 is 2.00 bits per heavy atom. The number of hydrogen-bond donors (Lipinski definition) is 1. The Bertz CT molecular complexity index is 377. The highest BCUT2D eigenvalue weighted by molar-refractivity contribution is 5.00. The molecule has 1 saturated heterocycles. The van der Waals surface area contributed by atoms with Gasteiger partial charge < -0.3 is 9.84 Å². The maximum atomic E-state index is 10.4. The SMILES string of the molecule is CC(C)(C)c1nnnn1CC1(O)CCOCC1. The second kappa shape index (κ2) is 4.34. The molecule has 1 N–H and O–H groups in total. The van der Waals surface area contributed by atoms with Gasteiger partial charge in [-0.1, -0.05) is 20.8 Å². The maximum absolute atomic E-state index is 10.4. The van der Waals surface area contributed by atoms with Crippen molar-refractivity contribution in [3.05, 3.63) is 5.82 Å². The predicted molar refractivity (Wildman–Crippen MR) is 61.5 cm³/mol. The van der Waals surface area contributed by atoms with Crippen molar-refractivity contribution in [3.63, 3.8) is 0 Å². The molecule has 1 aliphatic heterocycles. The van der Waals surface area contributed by atoms with Gasteiger partial charge in [-0.15, -0.1) is 5.10 Å². The largest absolute Gasteiger partial charge is 0.388 e. The van der Waals surface area contributed by atoms with Gasteiger partial charge in [0.05, 0.1) is 12.1 Å². The van der Waals surface area contributed by atoms with E-state index in [1.54, 1.807) is 4.68 Å². The third-order valence-electron chi connectivity index (χ3n) is 3.07. The van der Waals surface area contributed by atoms with Crippen LogP contribution in [0.3, 0.4) is 0 Å². The summed E-state index contributed by atoms with van der Waals surface area (Å²) in [5, 5.41) is 22.2. The number of tetrazole rings is 1. The summed E-state index contributed by atoms with van der Waals surface area (Å²) in [5.74, 6) is 0.803. The molecule has 6 nitrogen and oxygen atoms in total. The molecule has 2 heterocycles. The first-order valence-electron chi connectivity index (χ1n) is 5.98. The molecule has 0 bridgehead atoms. The lowest BCUT2D eigenvalue weighted by atomic mass is 9.92. The third-order valence-corrected chi connectivity index (χ3v) is 3.07. The van der Waals surface area contributed by atoms with Crippen LogP contribution in [-0.4, -0.2) is 44.1 Å². The Morgan fingerprint density at radius 3 is 2.59 bits per heavy atom. The smallest absolute Gasteiger partial charge is 0.156 e. The number of rotatable bonds is 2. The molecule has 0 aliphatic carbocycles. The Morgan fingerprint density at radius 1 is 1.35 bits per heavy atom. The van der Waals surface area contributed by atoms with Crippen LogP contribution in [0.15, 0.2) is 0 Å². The van der Waals surface area contributed by atoms with Gasteiger partial charge >= 0.3 is 0 Å². The van der Waals surface area contributed by atoms with E-state index in [-0.39, 0.29) is 5.41 Å². The summed E-state index contributed by atoms with van der Waals surface area (Å²) in [5.41, 5.74) is -0.862. The van der Waals surface area contributed by atoms with Crippen molar-refractivity contribution in [3.8, 4) is 0 Å². The molecular weight excluding hydrogens is 220 g/mol. The first-order valence-corrected chi connectivity index (χ1v) is 5.98. The van der Waals surface area contributed by atoms with Gasteiger partial charge in [0.25, 0.3) is 0 Å². The number of hydrogen-bond acceptors (Lipinski definition) is 5. The minimum atomic E-state index is -0.742. The average molecular weight is 240 g/mol. The van der Waals surface area contributed by atoms with Crippen LogP contribution in [0.1, 0.15) is 39.4 Å². The minimum absolute atomic E-state index is 0.120. The second-order valence-corrected chi connectivity index (χ2v) is 5.75. The topological polar surface area (TPSA) is 73.1 Å². The van der Waals surface area contributed by atoms with E-state index in [4.69, 9.17) is 4.74 Å². The minimum Gasteiger partial charge on any atom is -0.388 e. The van der Waals surface area contributed by atoms with E-state index in [0.29, 0.717) is 32.6 Å². The Kier molecular flexibility index (Phi) is 3.18. The fourth-order valence-electron chi connectivity index (χ4n) is 2.04. The van der Waals surface area contributed by atoms with Crippen molar-refractivity contribution in [2.24, 2.45) is 0 Å². The van der Waals surface area contributed by atoms with Gasteiger partial charge in [-0.3, -0.25) is 0 Å². The van der Waals surface area contributed by atoms with E-state index in [1.807, 2.05) is 0 Å². The number of nitrogens with zero attached hydrogens (tertiary/aromatic N) is 4. The zero-order valence-corrected chi connectivity index (χ0v) is 10.7. The summed E-state index contributed by atoms with van der Waals surface area (Å²) < 4.78 is 6.97. The average Bonchev–Trinajstić information content (AvgIpc) is 2.65. The molecule has 0 radical (unpaired) electrons. The molecule has 0 unspecified atom stereocenters. The van der Waals surface area contributed by atoms with Gasteiger partial charge in [-0.25, -0.2) is 4.68 Å². The van der Waals surface area contributed by atoms with E-state index in [9.17, 15) is 5.11 Å².